The van der Waals surface area contributed by atoms with Gasteiger partial charge in [-0.25, -0.2) is 9.97 Å². The molecule has 104 valence electrons. The summed E-state index contributed by atoms with van der Waals surface area (Å²) in [4.78, 5) is 9.39. The third kappa shape index (κ3) is 2.80. The van der Waals surface area contributed by atoms with E-state index >= 15 is 0 Å². The van der Waals surface area contributed by atoms with Crippen LogP contribution < -0.4 is 5.32 Å². The van der Waals surface area contributed by atoms with E-state index < -0.39 is 0 Å². The molecule has 1 aliphatic rings. The Labute approximate surface area is 144 Å². The number of anilines is 1. The molecule has 1 fully saturated rings. The van der Waals surface area contributed by atoms with E-state index in [1.54, 1.807) is 0 Å². The molecule has 2 aromatic rings. The fourth-order valence-electron chi connectivity index (χ4n) is 2.05. The van der Waals surface area contributed by atoms with Crippen LogP contribution in [0.25, 0.3) is 11.4 Å². The minimum atomic E-state index is 0.585. The molecule has 3 rings (SSSR count). The van der Waals surface area contributed by atoms with Gasteiger partial charge in [0.05, 0.1) is 9.26 Å². The van der Waals surface area contributed by atoms with Crippen LogP contribution in [0.5, 0.6) is 0 Å². The molecule has 1 aromatic carbocycles. The second-order valence-corrected chi connectivity index (χ2v) is 7.11. The molecule has 0 atom stereocenters. The van der Waals surface area contributed by atoms with Gasteiger partial charge in [0.2, 0.25) is 0 Å². The minimum absolute atomic E-state index is 0.585. The van der Waals surface area contributed by atoms with Crippen molar-refractivity contribution in [3.8, 4) is 11.4 Å². The third-order valence-electron chi connectivity index (χ3n) is 3.25. The molecule has 6 heteroatoms. The van der Waals surface area contributed by atoms with E-state index in [2.05, 4.69) is 48.8 Å². The number of nitrogens with zero attached hydrogens (tertiary/aromatic N) is 2. The summed E-state index contributed by atoms with van der Waals surface area (Å²) in [6, 6.07) is 5.68. The van der Waals surface area contributed by atoms with Crippen molar-refractivity contribution < 1.29 is 0 Å². The van der Waals surface area contributed by atoms with Crippen molar-refractivity contribution in [3.05, 3.63) is 37.0 Å². The molecular weight excluding hydrogens is 452 g/mol. The zero-order valence-corrected chi connectivity index (χ0v) is 15.3. The van der Waals surface area contributed by atoms with Crippen LogP contribution in [0, 0.1) is 3.57 Å². The Morgan fingerprint density at radius 3 is 2.70 bits per heavy atom. The number of hydrogen-bond acceptors (Lipinski definition) is 3. The van der Waals surface area contributed by atoms with Crippen molar-refractivity contribution in [1.29, 1.82) is 0 Å². The van der Waals surface area contributed by atoms with Crippen LogP contribution in [0.15, 0.2) is 22.7 Å². The lowest BCUT2D eigenvalue weighted by atomic mass is 10.2. The lowest BCUT2D eigenvalue weighted by Crippen LogP contribution is -2.05. The maximum atomic E-state index is 6.00. The molecule has 1 heterocycles. The fourth-order valence-corrected chi connectivity index (χ4v) is 3.86. The number of benzene rings is 1. The summed E-state index contributed by atoms with van der Waals surface area (Å²) in [5, 5.41) is 3.86. The summed E-state index contributed by atoms with van der Waals surface area (Å²) >= 11 is 11.9. The molecule has 0 aliphatic heterocycles. The number of halogens is 3. The van der Waals surface area contributed by atoms with E-state index in [-0.39, 0.29) is 0 Å². The van der Waals surface area contributed by atoms with E-state index in [9.17, 15) is 0 Å². The average molecular weight is 465 g/mol. The Morgan fingerprint density at radius 2 is 2.10 bits per heavy atom. The predicted octanol–water partition coefficient (Wildman–Crippen LogP) is 5.08. The molecule has 1 N–H and O–H groups in total. The Bertz CT molecular complexity index is 674. The van der Waals surface area contributed by atoms with Gasteiger partial charge >= 0.3 is 0 Å². The highest BCUT2D eigenvalue weighted by atomic mass is 127. The van der Waals surface area contributed by atoms with E-state index in [1.165, 1.54) is 12.8 Å². The van der Waals surface area contributed by atoms with Crippen LogP contribution in [0.3, 0.4) is 0 Å². The highest BCUT2D eigenvalue weighted by Crippen LogP contribution is 2.43. The number of nitrogens with one attached hydrogen (secondary N) is 1. The van der Waals surface area contributed by atoms with Crippen molar-refractivity contribution in [2.75, 3.05) is 12.4 Å². The standard InChI is InChI=1S/C14H12BrClIN3/c1-18-14-11(17)12(7-2-3-7)19-13(20-14)9-5-4-8(16)6-10(9)15/h4-7H,2-3H2,1H3,(H,18,19,20). The Hall–Kier alpha value is -0.400. The molecule has 1 saturated carbocycles. The maximum Gasteiger partial charge on any atom is 0.162 e. The first-order valence-electron chi connectivity index (χ1n) is 6.30. The van der Waals surface area contributed by atoms with Crippen LogP contribution in [0.4, 0.5) is 5.82 Å². The number of aromatic nitrogens is 2. The topological polar surface area (TPSA) is 37.8 Å². The van der Waals surface area contributed by atoms with Gasteiger partial charge in [-0.15, -0.1) is 0 Å². The average Bonchev–Trinajstić information content (AvgIpc) is 3.24. The van der Waals surface area contributed by atoms with Gasteiger partial charge < -0.3 is 5.32 Å². The summed E-state index contributed by atoms with van der Waals surface area (Å²) in [7, 11) is 1.89. The molecule has 0 unspecified atom stereocenters. The second-order valence-electron chi connectivity index (χ2n) is 4.74. The monoisotopic (exact) mass is 463 g/mol. The smallest absolute Gasteiger partial charge is 0.162 e. The quantitative estimate of drug-likeness (QED) is 0.644. The summed E-state index contributed by atoms with van der Waals surface area (Å²) < 4.78 is 2.04. The maximum absolute atomic E-state index is 6.00. The minimum Gasteiger partial charge on any atom is -0.372 e. The molecular formula is C14H12BrClIN3. The summed E-state index contributed by atoms with van der Waals surface area (Å²) in [6.07, 6.45) is 2.44. The van der Waals surface area contributed by atoms with E-state index in [1.807, 2.05) is 25.2 Å². The van der Waals surface area contributed by atoms with Crippen LogP contribution in [0.2, 0.25) is 5.02 Å². The summed E-state index contributed by atoms with van der Waals surface area (Å²) in [5.41, 5.74) is 2.12. The van der Waals surface area contributed by atoms with Gasteiger partial charge in [0.25, 0.3) is 0 Å². The normalized spacial score (nSPS) is 14.4. The van der Waals surface area contributed by atoms with Gasteiger partial charge in [0, 0.05) is 28.0 Å². The van der Waals surface area contributed by atoms with Crippen LogP contribution >= 0.6 is 50.1 Å². The van der Waals surface area contributed by atoms with Gasteiger partial charge in [0.15, 0.2) is 5.82 Å². The van der Waals surface area contributed by atoms with Crippen LogP contribution in [0.1, 0.15) is 24.5 Å². The largest absolute Gasteiger partial charge is 0.372 e. The Kier molecular flexibility index (Phi) is 4.19. The predicted molar refractivity (Wildman–Crippen MR) is 94.4 cm³/mol. The van der Waals surface area contributed by atoms with E-state index in [0.29, 0.717) is 10.9 Å². The van der Waals surface area contributed by atoms with E-state index in [4.69, 9.17) is 16.6 Å². The van der Waals surface area contributed by atoms with Gasteiger partial charge in [-0.1, -0.05) is 11.6 Å². The third-order valence-corrected chi connectivity index (χ3v) is 5.20. The van der Waals surface area contributed by atoms with Crippen molar-refractivity contribution in [2.45, 2.75) is 18.8 Å². The van der Waals surface area contributed by atoms with Crippen molar-refractivity contribution in [1.82, 2.24) is 9.97 Å². The second kappa shape index (κ2) is 5.77. The SMILES string of the molecule is CNc1nc(-c2ccc(Cl)cc2Br)nc(C2CC2)c1I. The number of hydrogen-bond donors (Lipinski definition) is 1. The first kappa shape index (κ1) is 14.5. The lowest BCUT2D eigenvalue weighted by molar-refractivity contribution is 0.978. The van der Waals surface area contributed by atoms with Crippen molar-refractivity contribution in [2.24, 2.45) is 0 Å². The van der Waals surface area contributed by atoms with E-state index in [0.717, 1.165) is 30.9 Å². The zero-order chi connectivity index (χ0) is 14.3. The van der Waals surface area contributed by atoms with Crippen LogP contribution in [-0.2, 0) is 0 Å². The number of rotatable bonds is 3. The highest BCUT2D eigenvalue weighted by Gasteiger charge is 2.29. The molecule has 0 radical (unpaired) electrons. The zero-order valence-electron chi connectivity index (χ0n) is 10.8. The molecule has 20 heavy (non-hydrogen) atoms. The Morgan fingerprint density at radius 1 is 1.35 bits per heavy atom. The van der Waals surface area contributed by atoms with Gasteiger partial charge in [-0.05, 0) is 69.6 Å². The van der Waals surface area contributed by atoms with Gasteiger partial charge in [-0.3, -0.25) is 0 Å². The van der Waals surface area contributed by atoms with Gasteiger partial charge in [0.1, 0.15) is 5.82 Å². The Balaban J connectivity index is 2.15. The molecule has 0 amide bonds. The molecule has 3 nitrogen and oxygen atoms in total. The molecule has 1 aromatic heterocycles. The van der Waals surface area contributed by atoms with Crippen molar-refractivity contribution >= 4 is 55.9 Å². The first-order valence-corrected chi connectivity index (χ1v) is 8.55. The van der Waals surface area contributed by atoms with Gasteiger partial charge in [-0.2, -0.15) is 0 Å². The van der Waals surface area contributed by atoms with Crippen molar-refractivity contribution in [3.63, 3.8) is 0 Å². The fraction of sp³-hybridized carbons (Fsp3) is 0.286. The highest BCUT2D eigenvalue weighted by molar-refractivity contribution is 14.1. The lowest BCUT2D eigenvalue weighted by Gasteiger charge is -2.11. The molecule has 0 spiro atoms. The molecule has 1 aliphatic carbocycles. The van der Waals surface area contributed by atoms with Crippen LogP contribution in [-0.4, -0.2) is 17.0 Å². The molecule has 0 bridgehead atoms. The summed E-state index contributed by atoms with van der Waals surface area (Å²) in [6.45, 7) is 0. The summed E-state index contributed by atoms with van der Waals surface area (Å²) in [5.74, 6) is 2.21. The molecule has 0 saturated heterocycles. The first-order chi connectivity index (χ1) is 9.60.